The van der Waals surface area contributed by atoms with E-state index in [4.69, 9.17) is 14.5 Å². The Kier molecular flexibility index (Phi) is 3.76. The Morgan fingerprint density at radius 2 is 1.90 bits per heavy atom. The SMILES string of the molecule is COc1ccc(C2(c3nc(C)cs3)CCOCC2)cc1. The fourth-order valence-corrected chi connectivity index (χ4v) is 3.91. The quantitative estimate of drug-likeness (QED) is 0.866. The highest BCUT2D eigenvalue weighted by molar-refractivity contribution is 7.09. The van der Waals surface area contributed by atoms with Gasteiger partial charge in [0.05, 0.1) is 12.5 Å². The molecule has 0 atom stereocenters. The van der Waals surface area contributed by atoms with Crippen molar-refractivity contribution in [1.29, 1.82) is 0 Å². The first kappa shape index (κ1) is 13.6. The lowest BCUT2D eigenvalue weighted by molar-refractivity contribution is 0.0630. The summed E-state index contributed by atoms with van der Waals surface area (Å²) >= 11 is 1.76. The Labute approximate surface area is 123 Å². The lowest BCUT2D eigenvalue weighted by atomic mass is 9.74. The Morgan fingerprint density at radius 1 is 1.20 bits per heavy atom. The topological polar surface area (TPSA) is 31.4 Å². The van der Waals surface area contributed by atoms with Crippen LogP contribution in [0.4, 0.5) is 0 Å². The monoisotopic (exact) mass is 289 g/mol. The molecule has 0 saturated carbocycles. The number of hydrogen-bond acceptors (Lipinski definition) is 4. The summed E-state index contributed by atoms with van der Waals surface area (Å²) in [4.78, 5) is 4.76. The average molecular weight is 289 g/mol. The van der Waals surface area contributed by atoms with Crippen molar-refractivity contribution < 1.29 is 9.47 Å². The molecule has 1 aliphatic heterocycles. The summed E-state index contributed by atoms with van der Waals surface area (Å²) in [7, 11) is 1.70. The van der Waals surface area contributed by atoms with Crippen LogP contribution in [-0.2, 0) is 10.2 Å². The summed E-state index contributed by atoms with van der Waals surface area (Å²) in [6.07, 6.45) is 1.98. The molecule has 2 heterocycles. The highest BCUT2D eigenvalue weighted by Gasteiger charge is 2.38. The minimum absolute atomic E-state index is 0.00342. The summed E-state index contributed by atoms with van der Waals surface area (Å²) in [5.41, 5.74) is 2.42. The van der Waals surface area contributed by atoms with Crippen molar-refractivity contribution in [1.82, 2.24) is 4.98 Å². The van der Waals surface area contributed by atoms with Gasteiger partial charge >= 0.3 is 0 Å². The second-order valence-electron chi connectivity index (χ2n) is 5.22. The summed E-state index contributed by atoms with van der Waals surface area (Å²) in [6.45, 7) is 3.65. The molecular weight excluding hydrogens is 270 g/mol. The van der Waals surface area contributed by atoms with E-state index in [1.807, 2.05) is 12.1 Å². The third-order valence-corrected chi connectivity index (χ3v) is 5.18. The van der Waals surface area contributed by atoms with Crippen molar-refractivity contribution in [2.75, 3.05) is 20.3 Å². The summed E-state index contributed by atoms with van der Waals surface area (Å²) in [6, 6.07) is 8.40. The zero-order valence-electron chi connectivity index (χ0n) is 11.9. The first-order valence-electron chi connectivity index (χ1n) is 6.89. The number of ether oxygens (including phenoxy) is 2. The van der Waals surface area contributed by atoms with Gasteiger partial charge in [-0.05, 0) is 37.5 Å². The third-order valence-electron chi connectivity index (χ3n) is 4.02. The molecule has 0 radical (unpaired) electrons. The van der Waals surface area contributed by atoms with Crippen molar-refractivity contribution in [2.24, 2.45) is 0 Å². The second-order valence-corrected chi connectivity index (χ2v) is 6.08. The van der Waals surface area contributed by atoms with Crippen LogP contribution in [0.25, 0.3) is 0 Å². The number of nitrogens with zero attached hydrogens (tertiary/aromatic N) is 1. The number of hydrogen-bond donors (Lipinski definition) is 0. The van der Waals surface area contributed by atoms with Gasteiger partial charge in [0.25, 0.3) is 0 Å². The summed E-state index contributed by atoms with van der Waals surface area (Å²) in [5, 5.41) is 3.35. The molecule has 1 aromatic heterocycles. The van der Waals surface area contributed by atoms with Gasteiger partial charge in [-0.25, -0.2) is 4.98 Å². The molecule has 0 aliphatic carbocycles. The average Bonchev–Trinajstić information content (AvgIpc) is 2.95. The lowest BCUT2D eigenvalue weighted by Gasteiger charge is -2.36. The first-order valence-corrected chi connectivity index (χ1v) is 7.77. The number of aromatic nitrogens is 1. The van der Waals surface area contributed by atoms with Gasteiger partial charge in [0.1, 0.15) is 10.8 Å². The maximum absolute atomic E-state index is 5.57. The predicted molar refractivity (Wildman–Crippen MR) is 80.7 cm³/mol. The van der Waals surface area contributed by atoms with Gasteiger partial charge < -0.3 is 9.47 Å². The molecular formula is C16H19NO2S. The van der Waals surface area contributed by atoms with E-state index < -0.39 is 0 Å². The molecule has 0 unspecified atom stereocenters. The summed E-state index contributed by atoms with van der Waals surface area (Å²) < 4.78 is 10.8. The van der Waals surface area contributed by atoms with Crippen molar-refractivity contribution in [2.45, 2.75) is 25.2 Å². The first-order chi connectivity index (χ1) is 9.74. The van der Waals surface area contributed by atoms with Gasteiger partial charge in [0.15, 0.2) is 0 Å². The van der Waals surface area contributed by atoms with Crippen LogP contribution in [0.2, 0.25) is 0 Å². The van der Waals surface area contributed by atoms with Gasteiger partial charge in [-0.3, -0.25) is 0 Å². The van der Waals surface area contributed by atoms with Gasteiger partial charge in [-0.1, -0.05) is 12.1 Å². The van der Waals surface area contributed by atoms with Crippen LogP contribution in [0.3, 0.4) is 0 Å². The molecule has 0 spiro atoms. The highest BCUT2D eigenvalue weighted by atomic mass is 32.1. The Bertz CT molecular complexity index is 570. The van der Waals surface area contributed by atoms with E-state index in [9.17, 15) is 0 Å². The molecule has 3 nitrogen and oxygen atoms in total. The Hall–Kier alpha value is -1.39. The van der Waals surface area contributed by atoms with Gasteiger partial charge in [-0.15, -0.1) is 11.3 Å². The Morgan fingerprint density at radius 3 is 2.45 bits per heavy atom. The largest absolute Gasteiger partial charge is 0.497 e. The van der Waals surface area contributed by atoms with Crippen LogP contribution in [0.15, 0.2) is 29.6 Å². The molecule has 0 bridgehead atoms. The fourth-order valence-electron chi connectivity index (χ4n) is 2.83. The fraction of sp³-hybridized carbons (Fsp3) is 0.438. The molecule has 20 heavy (non-hydrogen) atoms. The van der Waals surface area contributed by atoms with E-state index in [2.05, 4.69) is 24.4 Å². The number of thiazole rings is 1. The standard InChI is InChI=1S/C16H19NO2S/c1-12-11-20-15(17-12)16(7-9-19-10-8-16)13-3-5-14(18-2)6-4-13/h3-6,11H,7-10H2,1-2H3. The van der Waals surface area contributed by atoms with Gasteiger partial charge in [0, 0.05) is 24.3 Å². The number of methoxy groups -OCH3 is 1. The van der Waals surface area contributed by atoms with Crippen LogP contribution in [0.1, 0.15) is 29.1 Å². The van der Waals surface area contributed by atoms with Crippen LogP contribution in [0.5, 0.6) is 5.75 Å². The van der Waals surface area contributed by atoms with E-state index >= 15 is 0 Å². The molecule has 0 N–H and O–H groups in total. The molecule has 3 rings (SSSR count). The van der Waals surface area contributed by atoms with E-state index in [-0.39, 0.29) is 5.41 Å². The van der Waals surface area contributed by atoms with E-state index in [1.54, 1.807) is 18.4 Å². The number of aryl methyl sites for hydroxylation is 1. The molecule has 1 aliphatic rings. The molecule has 1 fully saturated rings. The number of benzene rings is 1. The minimum atomic E-state index is 0.00342. The molecule has 1 saturated heterocycles. The smallest absolute Gasteiger partial charge is 0.118 e. The molecule has 1 aromatic carbocycles. The maximum Gasteiger partial charge on any atom is 0.118 e. The second kappa shape index (κ2) is 5.54. The minimum Gasteiger partial charge on any atom is -0.497 e. The van der Waals surface area contributed by atoms with Crippen LogP contribution >= 0.6 is 11.3 Å². The summed E-state index contributed by atoms with van der Waals surface area (Å²) in [5.74, 6) is 0.895. The van der Waals surface area contributed by atoms with E-state index in [0.29, 0.717) is 0 Å². The van der Waals surface area contributed by atoms with Gasteiger partial charge in [0.2, 0.25) is 0 Å². The van der Waals surface area contributed by atoms with Crippen LogP contribution in [-0.4, -0.2) is 25.3 Å². The van der Waals surface area contributed by atoms with E-state index in [0.717, 1.165) is 37.5 Å². The normalized spacial score (nSPS) is 17.9. The predicted octanol–water partition coefficient (Wildman–Crippen LogP) is 3.56. The van der Waals surface area contributed by atoms with Gasteiger partial charge in [-0.2, -0.15) is 0 Å². The molecule has 2 aromatic rings. The zero-order valence-corrected chi connectivity index (χ0v) is 12.7. The zero-order chi connectivity index (χ0) is 14.0. The van der Waals surface area contributed by atoms with Crippen LogP contribution < -0.4 is 4.74 Å². The molecule has 4 heteroatoms. The Balaban J connectivity index is 2.04. The molecule has 0 amide bonds. The third kappa shape index (κ3) is 2.34. The lowest BCUT2D eigenvalue weighted by Crippen LogP contribution is -2.35. The van der Waals surface area contributed by atoms with Crippen molar-refractivity contribution in [3.8, 4) is 5.75 Å². The maximum atomic E-state index is 5.57. The highest BCUT2D eigenvalue weighted by Crippen LogP contribution is 2.42. The molecule has 106 valence electrons. The van der Waals surface area contributed by atoms with E-state index in [1.165, 1.54) is 10.6 Å². The van der Waals surface area contributed by atoms with Crippen molar-refractivity contribution in [3.63, 3.8) is 0 Å². The number of rotatable bonds is 3. The van der Waals surface area contributed by atoms with Crippen LogP contribution in [0, 0.1) is 6.92 Å². The van der Waals surface area contributed by atoms with Crippen molar-refractivity contribution >= 4 is 11.3 Å². The van der Waals surface area contributed by atoms with Crippen molar-refractivity contribution in [3.05, 3.63) is 45.9 Å².